The minimum Gasteiger partial charge on any atom is -0.462 e. The lowest BCUT2D eigenvalue weighted by molar-refractivity contribution is -0.153. The van der Waals surface area contributed by atoms with E-state index in [4.69, 9.17) is 10.5 Å². The average molecular weight is 457 g/mol. The highest BCUT2D eigenvalue weighted by atomic mass is 16.5. The van der Waals surface area contributed by atoms with Gasteiger partial charge in [0.15, 0.2) is 5.78 Å². The van der Waals surface area contributed by atoms with Crippen LogP contribution in [0.4, 0.5) is 4.79 Å². The second-order valence-corrected chi connectivity index (χ2v) is 7.95. The summed E-state index contributed by atoms with van der Waals surface area (Å²) in [5.41, 5.74) is 4.97. The Hall–Kier alpha value is -2.65. The predicted molar refractivity (Wildman–Crippen MR) is 121 cm³/mol. The molecule has 0 aromatic rings. The van der Waals surface area contributed by atoms with Gasteiger partial charge < -0.3 is 26.4 Å². The lowest BCUT2D eigenvalue weighted by atomic mass is 10.0. The van der Waals surface area contributed by atoms with E-state index >= 15 is 0 Å². The summed E-state index contributed by atoms with van der Waals surface area (Å²) in [6.45, 7) is 7.23. The molecule has 0 aliphatic rings. The van der Waals surface area contributed by atoms with Gasteiger partial charge in [-0.15, -0.1) is 0 Å². The number of carbonyl (C=O) groups is 5. The van der Waals surface area contributed by atoms with Crippen LogP contribution in [-0.4, -0.2) is 54.8 Å². The molecule has 0 saturated carbocycles. The fourth-order valence-electron chi connectivity index (χ4n) is 3.10. The Morgan fingerprint density at radius 2 is 1.56 bits per heavy atom. The van der Waals surface area contributed by atoms with Gasteiger partial charge in [-0.05, 0) is 58.8 Å². The second-order valence-electron chi connectivity index (χ2n) is 7.95. The van der Waals surface area contributed by atoms with E-state index in [0.717, 1.165) is 19.3 Å². The van der Waals surface area contributed by atoms with Crippen LogP contribution >= 0.6 is 0 Å². The highest BCUT2D eigenvalue weighted by molar-refractivity contribution is 5.90. The SMILES string of the molecule is CCC(CC)C(=O)OC(C)CCCCC(=O)NCC(=O)NC(CCCNC(N)=O)C(C)=O. The Morgan fingerprint density at radius 3 is 2.12 bits per heavy atom. The Kier molecular flexibility index (Phi) is 15.6. The zero-order valence-electron chi connectivity index (χ0n) is 19.8. The number of amides is 4. The molecule has 0 bridgehead atoms. The molecule has 0 radical (unpaired) electrons. The Bertz CT molecular complexity index is 622. The zero-order chi connectivity index (χ0) is 24.5. The molecule has 10 nitrogen and oxygen atoms in total. The third kappa shape index (κ3) is 14.4. The molecular weight excluding hydrogens is 416 g/mol. The van der Waals surface area contributed by atoms with Crippen molar-refractivity contribution in [3.63, 3.8) is 0 Å². The first kappa shape index (κ1) is 29.4. The van der Waals surface area contributed by atoms with Crippen molar-refractivity contribution < 1.29 is 28.7 Å². The minimum atomic E-state index is -0.682. The van der Waals surface area contributed by atoms with Gasteiger partial charge in [0.25, 0.3) is 0 Å². The highest BCUT2D eigenvalue weighted by Gasteiger charge is 2.19. The number of esters is 1. The highest BCUT2D eigenvalue weighted by Crippen LogP contribution is 2.14. The molecule has 0 aliphatic heterocycles. The molecule has 2 unspecified atom stereocenters. The van der Waals surface area contributed by atoms with Crippen LogP contribution in [0.25, 0.3) is 0 Å². The van der Waals surface area contributed by atoms with E-state index in [1.54, 1.807) is 0 Å². The maximum absolute atomic E-state index is 12.0. The standard InChI is InChI=1S/C22H40N4O6/c1-5-17(6-2)21(30)32-15(3)10-7-8-12-19(28)25-14-20(29)26-18(16(4)27)11-9-13-24-22(23)31/h15,17-18H,5-14H2,1-4H3,(H,25,28)(H,26,29)(H3,23,24,31). The molecule has 0 aliphatic carbocycles. The summed E-state index contributed by atoms with van der Waals surface area (Å²) in [5.74, 6) is -1.15. The zero-order valence-corrected chi connectivity index (χ0v) is 19.8. The Balaban J connectivity index is 4.06. The average Bonchev–Trinajstić information content (AvgIpc) is 2.72. The monoisotopic (exact) mass is 456 g/mol. The smallest absolute Gasteiger partial charge is 0.312 e. The number of ether oxygens (including phenoxy) is 1. The first-order chi connectivity index (χ1) is 15.1. The van der Waals surface area contributed by atoms with Crippen LogP contribution in [0.3, 0.4) is 0 Å². The number of hydrogen-bond donors (Lipinski definition) is 4. The van der Waals surface area contributed by atoms with Gasteiger partial charge in [0.1, 0.15) is 0 Å². The van der Waals surface area contributed by atoms with Gasteiger partial charge in [0.05, 0.1) is 24.6 Å². The normalized spacial score (nSPS) is 12.5. The molecule has 32 heavy (non-hydrogen) atoms. The van der Waals surface area contributed by atoms with E-state index in [1.165, 1.54) is 6.92 Å². The van der Waals surface area contributed by atoms with E-state index in [1.807, 2.05) is 20.8 Å². The number of nitrogens with one attached hydrogen (secondary N) is 3. The fraction of sp³-hybridized carbons (Fsp3) is 0.773. The number of hydrogen-bond acceptors (Lipinski definition) is 6. The molecule has 0 spiro atoms. The lowest BCUT2D eigenvalue weighted by Gasteiger charge is -2.17. The maximum Gasteiger partial charge on any atom is 0.312 e. The van der Waals surface area contributed by atoms with Crippen LogP contribution in [-0.2, 0) is 23.9 Å². The number of unbranched alkanes of at least 4 members (excludes halogenated alkanes) is 1. The van der Waals surface area contributed by atoms with Crippen molar-refractivity contribution in [3.8, 4) is 0 Å². The molecule has 0 fully saturated rings. The van der Waals surface area contributed by atoms with Gasteiger partial charge >= 0.3 is 12.0 Å². The van der Waals surface area contributed by atoms with E-state index < -0.39 is 18.0 Å². The summed E-state index contributed by atoms with van der Waals surface area (Å²) in [4.78, 5) is 58.2. The van der Waals surface area contributed by atoms with Crippen LogP contribution in [0.1, 0.15) is 79.1 Å². The number of Topliss-reactive ketones (excluding diaryl/α,β-unsaturated/α-hetero) is 1. The summed E-state index contributed by atoms with van der Waals surface area (Å²) in [6.07, 6.45) is 4.43. The van der Waals surface area contributed by atoms with E-state index in [-0.39, 0.29) is 42.6 Å². The second kappa shape index (κ2) is 17.0. The minimum absolute atomic E-state index is 0.0659. The number of urea groups is 1. The van der Waals surface area contributed by atoms with Gasteiger partial charge in [0.2, 0.25) is 11.8 Å². The van der Waals surface area contributed by atoms with Crippen molar-refractivity contribution in [1.29, 1.82) is 0 Å². The van der Waals surface area contributed by atoms with Crippen LogP contribution in [0.15, 0.2) is 0 Å². The third-order valence-corrected chi connectivity index (χ3v) is 5.14. The first-order valence-corrected chi connectivity index (χ1v) is 11.4. The van der Waals surface area contributed by atoms with E-state index in [9.17, 15) is 24.0 Å². The summed E-state index contributed by atoms with van der Waals surface area (Å²) in [6, 6.07) is -1.33. The molecule has 10 heteroatoms. The van der Waals surface area contributed by atoms with E-state index in [2.05, 4.69) is 16.0 Å². The van der Waals surface area contributed by atoms with Crippen molar-refractivity contribution in [3.05, 3.63) is 0 Å². The fourth-order valence-corrected chi connectivity index (χ4v) is 3.10. The molecule has 5 N–H and O–H groups in total. The summed E-state index contributed by atoms with van der Waals surface area (Å²) >= 11 is 0. The van der Waals surface area contributed by atoms with Gasteiger partial charge in [-0.25, -0.2) is 4.79 Å². The molecule has 4 amide bonds. The van der Waals surface area contributed by atoms with Crippen LogP contribution < -0.4 is 21.7 Å². The van der Waals surface area contributed by atoms with Crippen LogP contribution in [0.5, 0.6) is 0 Å². The molecular formula is C22H40N4O6. The summed E-state index contributed by atoms with van der Waals surface area (Å²) in [7, 11) is 0. The third-order valence-electron chi connectivity index (χ3n) is 5.14. The molecule has 184 valence electrons. The van der Waals surface area contributed by atoms with Gasteiger partial charge in [-0.1, -0.05) is 13.8 Å². The van der Waals surface area contributed by atoms with Crippen molar-refractivity contribution in [2.75, 3.05) is 13.1 Å². The quantitative estimate of drug-likeness (QED) is 0.192. The van der Waals surface area contributed by atoms with E-state index in [0.29, 0.717) is 32.2 Å². The molecule has 0 aromatic carbocycles. The molecule has 2 atom stereocenters. The van der Waals surface area contributed by atoms with Crippen molar-refractivity contribution in [1.82, 2.24) is 16.0 Å². The molecule has 0 rings (SSSR count). The number of primary amides is 1. The Morgan fingerprint density at radius 1 is 0.906 bits per heavy atom. The molecule has 0 heterocycles. The number of carbonyl (C=O) groups excluding carboxylic acids is 5. The Labute approximate surface area is 190 Å². The lowest BCUT2D eigenvalue weighted by Crippen LogP contribution is -2.45. The number of ketones is 1. The summed E-state index contributed by atoms with van der Waals surface area (Å²) in [5, 5.41) is 7.54. The van der Waals surface area contributed by atoms with Crippen molar-refractivity contribution >= 4 is 29.6 Å². The first-order valence-electron chi connectivity index (χ1n) is 11.4. The molecule has 0 saturated heterocycles. The van der Waals surface area contributed by atoms with Gasteiger partial charge in [0, 0.05) is 13.0 Å². The van der Waals surface area contributed by atoms with Gasteiger partial charge in [-0.3, -0.25) is 19.2 Å². The topological polar surface area (TPSA) is 157 Å². The number of rotatable bonds is 17. The van der Waals surface area contributed by atoms with Crippen LogP contribution in [0.2, 0.25) is 0 Å². The number of nitrogens with two attached hydrogens (primary N) is 1. The van der Waals surface area contributed by atoms with Crippen molar-refractivity contribution in [2.45, 2.75) is 91.2 Å². The largest absolute Gasteiger partial charge is 0.462 e. The maximum atomic E-state index is 12.0. The predicted octanol–water partition coefficient (Wildman–Crippen LogP) is 1.55. The summed E-state index contributed by atoms with van der Waals surface area (Å²) < 4.78 is 5.44. The van der Waals surface area contributed by atoms with Gasteiger partial charge in [-0.2, -0.15) is 0 Å². The van der Waals surface area contributed by atoms with Crippen LogP contribution in [0, 0.1) is 5.92 Å². The molecule has 0 aromatic heterocycles. The van der Waals surface area contributed by atoms with Crippen molar-refractivity contribution in [2.24, 2.45) is 11.7 Å².